The Labute approximate surface area is 346 Å². The molecule has 56 heavy (non-hydrogen) atoms. The SMILES string of the molecule is CCCCCCCCCCCCCCCCOC1=C(CCCCCCCCCCCCCCCC)C(C)(COC(=O)CCN(C)C)O[C@H]1OC(=O)CCN(C)C. The summed E-state index contributed by atoms with van der Waals surface area (Å²) >= 11 is 0. The van der Waals surface area contributed by atoms with Crippen LogP contribution in [0.1, 0.15) is 220 Å². The van der Waals surface area contributed by atoms with Gasteiger partial charge in [-0.15, -0.1) is 0 Å². The molecule has 1 aliphatic heterocycles. The van der Waals surface area contributed by atoms with Crippen LogP contribution in [0.15, 0.2) is 11.3 Å². The van der Waals surface area contributed by atoms with Gasteiger partial charge in [0.05, 0.1) is 19.4 Å². The molecule has 330 valence electrons. The van der Waals surface area contributed by atoms with E-state index in [0.717, 1.165) is 37.7 Å². The van der Waals surface area contributed by atoms with E-state index in [1.807, 2.05) is 44.9 Å². The van der Waals surface area contributed by atoms with Gasteiger partial charge in [-0.25, -0.2) is 0 Å². The van der Waals surface area contributed by atoms with Crippen molar-refractivity contribution in [2.24, 2.45) is 0 Å². The molecule has 0 aromatic heterocycles. The molecule has 0 bridgehead atoms. The molecule has 0 aromatic rings. The lowest BCUT2D eigenvalue weighted by Crippen LogP contribution is -2.37. The molecule has 0 spiro atoms. The summed E-state index contributed by atoms with van der Waals surface area (Å²) < 4.78 is 24.8. The smallest absolute Gasteiger partial charge is 0.309 e. The van der Waals surface area contributed by atoms with Gasteiger partial charge in [0.15, 0.2) is 5.76 Å². The fourth-order valence-electron chi connectivity index (χ4n) is 7.58. The van der Waals surface area contributed by atoms with Gasteiger partial charge in [-0.2, -0.15) is 0 Å². The molecule has 0 saturated carbocycles. The molecule has 0 radical (unpaired) electrons. The molecule has 0 N–H and O–H groups in total. The molecule has 8 nitrogen and oxygen atoms in total. The van der Waals surface area contributed by atoms with Crippen molar-refractivity contribution in [3.63, 3.8) is 0 Å². The van der Waals surface area contributed by atoms with E-state index in [2.05, 4.69) is 13.8 Å². The lowest BCUT2D eigenvalue weighted by Gasteiger charge is -2.27. The number of unbranched alkanes of at least 4 members (excludes halogenated alkanes) is 26. The first-order valence-electron chi connectivity index (χ1n) is 23.8. The number of esters is 2. The molecule has 0 aromatic carbocycles. The van der Waals surface area contributed by atoms with Gasteiger partial charge in [-0.3, -0.25) is 9.59 Å². The van der Waals surface area contributed by atoms with Crippen molar-refractivity contribution in [1.82, 2.24) is 9.80 Å². The molecule has 0 saturated heterocycles. The zero-order valence-electron chi connectivity index (χ0n) is 38.2. The average molecular weight is 793 g/mol. The van der Waals surface area contributed by atoms with Gasteiger partial charge in [0.25, 0.3) is 6.29 Å². The van der Waals surface area contributed by atoms with Crippen molar-refractivity contribution >= 4 is 11.9 Å². The van der Waals surface area contributed by atoms with Crippen LogP contribution < -0.4 is 0 Å². The average Bonchev–Trinajstić information content (AvgIpc) is 3.42. The van der Waals surface area contributed by atoms with E-state index in [1.165, 1.54) is 154 Å². The first-order chi connectivity index (χ1) is 27.1. The Morgan fingerprint density at radius 2 is 0.929 bits per heavy atom. The van der Waals surface area contributed by atoms with Gasteiger partial charge in [-0.1, -0.05) is 181 Å². The Hall–Kier alpha value is -1.64. The van der Waals surface area contributed by atoms with E-state index in [0.29, 0.717) is 31.9 Å². The molecule has 1 rings (SSSR count). The number of nitrogens with zero attached hydrogens (tertiary/aromatic N) is 2. The van der Waals surface area contributed by atoms with E-state index < -0.39 is 11.9 Å². The van der Waals surface area contributed by atoms with Gasteiger partial charge in [0.1, 0.15) is 12.2 Å². The molecule has 8 heteroatoms. The van der Waals surface area contributed by atoms with Crippen LogP contribution in [0, 0.1) is 0 Å². The minimum atomic E-state index is -0.927. The van der Waals surface area contributed by atoms with Gasteiger partial charge in [0.2, 0.25) is 0 Å². The van der Waals surface area contributed by atoms with Gasteiger partial charge < -0.3 is 28.7 Å². The maximum absolute atomic E-state index is 13.0. The van der Waals surface area contributed by atoms with Crippen molar-refractivity contribution < 1.29 is 28.5 Å². The third-order valence-corrected chi connectivity index (χ3v) is 11.3. The van der Waals surface area contributed by atoms with Crippen LogP contribution in [0.2, 0.25) is 0 Å². The first-order valence-corrected chi connectivity index (χ1v) is 23.8. The molecule has 0 aliphatic carbocycles. The van der Waals surface area contributed by atoms with Crippen LogP contribution in [0.25, 0.3) is 0 Å². The summed E-state index contributed by atoms with van der Waals surface area (Å²) in [7, 11) is 7.78. The summed E-state index contributed by atoms with van der Waals surface area (Å²) in [5.74, 6) is 0.0551. The Balaban J connectivity index is 2.75. The van der Waals surface area contributed by atoms with Crippen molar-refractivity contribution in [3.05, 3.63) is 11.3 Å². The molecular formula is C48H92N2O6. The number of hydrogen-bond acceptors (Lipinski definition) is 8. The van der Waals surface area contributed by atoms with E-state index >= 15 is 0 Å². The molecule has 2 atom stereocenters. The summed E-state index contributed by atoms with van der Waals surface area (Å²) in [6, 6.07) is 0. The molecule has 1 unspecified atom stereocenters. The number of ether oxygens (including phenoxy) is 4. The maximum Gasteiger partial charge on any atom is 0.309 e. The third kappa shape index (κ3) is 27.9. The number of hydrogen-bond donors (Lipinski definition) is 0. The molecule has 0 amide bonds. The van der Waals surface area contributed by atoms with E-state index in [1.54, 1.807) is 0 Å². The van der Waals surface area contributed by atoms with Crippen LogP contribution in [0.4, 0.5) is 0 Å². The highest BCUT2D eigenvalue weighted by molar-refractivity contribution is 5.70. The second-order valence-corrected chi connectivity index (χ2v) is 17.6. The van der Waals surface area contributed by atoms with Crippen LogP contribution in [-0.4, -0.2) is 88.1 Å². The Bertz CT molecular complexity index is 985. The van der Waals surface area contributed by atoms with Crippen molar-refractivity contribution in [2.45, 2.75) is 232 Å². The number of carbonyl (C=O) groups excluding carboxylic acids is 2. The molecule has 1 heterocycles. The van der Waals surface area contributed by atoms with Crippen LogP contribution >= 0.6 is 0 Å². The third-order valence-electron chi connectivity index (χ3n) is 11.3. The minimum Gasteiger partial charge on any atom is -0.491 e. The van der Waals surface area contributed by atoms with Gasteiger partial charge in [0, 0.05) is 18.7 Å². The second-order valence-electron chi connectivity index (χ2n) is 17.6. The van der Waals surface area contributed by atoms with E-state index in [9.17, 15) is 9.59 Å². The first kappa shape index (κ1) is 52.4. The zero-order valence-corrected chi connectivity index (χ0v) is 38.2. The molecule has 0 fully saturated rings. The van der Waals surface area contributed by atoms with Crippen LogP contribution in [0.3, 0.4) is 0 Å². The van der Waals surface area contributed by atoms with E-state index in [-0.39, 0.29) is 25.0 Å². The fraction of sp³-hybridized carbons (Fsp3) is 0.917. The standard InChI is InChI=1S/C48H92N2O6/c1-8-10-12-14-16-18-20-22-24-26-28-30-32-34-36-43-46(53-41-35-33-31-29-27-25-23-21-19-17-15-13-11-9-2)47(55-45(52)38-40-50(6)7)56-48(43,3)42-54-44(51)37-39-49(4)5/h47H,8-42H2,1-7H3/t47-,48?/m1/s1. The monoisotopic (exact) mass is 793 g/mol. The highest BCUT2D eigenvalue weighted by Crippen LogP contribution is 2.41. The predicted molar refractivity (Wildman–Crippen MR) is 235 cm³/mol. The fourth-order valence-corrected chi connectivity index (χ4v) is 7.58. The Kier molecular flexibility index (Phi) is 33.0. The van der Waals surface area contributed by atoms with Crippen molar-refractivity contribution in [3.8, 4) is 0 Å². The second kappa shape index (κ2) is 35.3. The Morgan fingerprint density at radius 1 is 0.554 bits per heavy atom. The van der Waals surface area contributed by atoms with Crippen LogP contribution in [0.5, 0.6) is 0 Å². The summed E-state index contributed by atoms with van der Waals surface area (Å²) in [5, 5.41) is 0. The summed E-state index contributed by atoms with van der Waals surface area (Å²) in [4.78, 5) is 29.7. The largest absolute Gasteiger partial charge is 0.491 e. The Morgan fingerprint density at radius 3 is 1.34 bits per heavy atom. The van der Waals surface area contributed by atoms with Crippen molar-refractivity contribution in [2.75, 3.05) is 54.5 Å². The molecule has 1 aliphatic rings. The number of carbonyl (C=O) groups is 2. The number of rotatable bonds is 40. The van der Waals surface area contributed by atoms with Crippen LogP contribution in [-0.2, 0) is 28.5 Å². The summed E-state index contributed by atoms with van der Waals surface area (Å²) in [5.41, 5.74) is 0.0642. The van der Waals surface area contributed by atoms with Gasteiger partial charge >= 0.3 is 11.9 Å². The minimum absolute atomic E-state index is 0.0741. The van der Waals surface area contributed by atoms with Crippen molar-refractivity contribution in [1.29, 1.82) is 0 Å². The predicted octanol–water partition coefficient (Wildman–Crippen LogP) is 12.7. The quantitative estimate of drug-likeness (QED) is 0.0448. The summed E-state index contributed by atoms with van der Waals surface area (Å²) in [6.07, 6.45) is 37.0. The van der Waals surface area contributed by atoms with E-state index in [4.69, 9.17) is 18.9 Å². The normalized spacial score (nSPS) is 17.1. The lowest BCUT2D eigenvalue weighted by molar-refractivity contribution is -0.197. The lowest BCUT2D eigenvalue weighted by atomic mass is 9.91. The maximum atomic E-state index is 13.0. The highest BCUT2D eigenvalue weighted by atomic mass is 16.7. The van der Waals surface area contributed by atoms with Gasteiger partial charge in [-0.05, 0) is 54.4 Å². The summed E-state index contributed by atoms with van der Waals surface area (Å²) in [6.45, 7) is 8.38. The zero-order chi connectivity index (χ0) is 41.1. The highest BCUT2D eigenvalue weighted by Gasteiger charge is 2.47. The topological polar surface area (TPSA) is 77.5 Å². The molecular weight excluding hydrogens is 701 g/mol.